The first-order chi connectivity index (χ1) is 8.85. The van der Waals surface area contributed by atoms with Crippen molar-refractivity contribution in [1.29, 1.82) is 0 Å². The van der Waals surface area contributed by atoms with E-state index in [1.54, 1.807) is 4.88 Å². The minimum absolute atomic E-state index is 0.762. The number of hydrogen-bond acceptors (Lipinski definition) is 3. The van der Waals surface area contributed by atoms with Crippen molar-refractivity contribution in [2.24, 2.45) is 5.92 Å². The molecular weight excluding hydrogens is 240 g/mol. The topological polar surface area (TPSA) is 15.3 Å². The summed E-state index contributed by atoms with van der Waals surface area (Å²) < 4.78 is 0. The summed E-state index contributed by atoms with van der Waals surface area (Å²) in [6.45, 7) is 7.13. The minimum atomic E-state index is 0.762. The summed E-state index contributed by atoms with van der Waals surface area (Å²) in [5, 5.41) is 3.74. The molecule has 100 valence electrons. The van der Waals surface area contributed by atoms with E-state index in [9.17, 15) is 0 Å². The van der Waals surface area contributed by atoms with Crippen LogP contribution in [0, 0.1) is 5.92 Å². The zero-order valence-electron chi connectivity index (χ0n) is 11.3. The lowest BCUT2D eigenvalue weighted by molar-refractivity contribution is 0.253. The lowest BCUT2D eigenvalue weighted by Gasteiger charge is -2.23. The van der Waals surface area contributed by atoms with Gasteiger partial charge in [-0.2, -0.15) is 0 Å². The molecule has 2 fully saturated rings. The SMILES string of the molecule is CCc1ccc(CN2CCCNC(C3CC3)C2)s1. The molecule has 1 atom stereocenters. The van der Waals surface area contributed by atoms with Crippen LogP contribution < -0.4 is 5.32 Å². The van der Waals surface area contributed by atoms with Crippen molar-refractivity contribution in [2.75, 3.05) is 19.6 Å². The van der Waals surface area contributed by atoms with Gasteiger partial charge < -0.3 is 5.32 Å². The molecule has 1 unspecified atom stereocenters. The van der Waals surface area contributed by atoms with Crippen molar-refractivity contribution < 1.29 is 0 Å². The van der Waals surface area contributed by atoms with Crippen LogP contribution in [-0.2, 0) is 13.0 Å². The fourth-order valence-corrected chi connectivity index (χ4v) is 3.90. The molecule has 1 aromatic rings. The third-order valence-electron chi connectivity index (χ3n) is 4.15. The Hall–Kier alpha value is -0.380. The van der Waals surface area contributed by atoms with Gasteiger partial charge in [0.25, 0.3) is 0 Å². The molecule has 3 rings (SSSR count). The molecule has 2 aliphatic rings. The molecule has 0 amide bonds. The van der Waals surface area contributed by atoms with E-state index in [1.165, 1.54) is 50.2 Å². The number of aryl methyl sites for hydroxylation is 1. The van der Waals surface area contributed by atoms with Gasteiger partial charge in [0.15, 0.2) is 0 Å². The van der Waals surface area contributed by atoms with Gasteiger partial charge in [-0.15, -0.1) is 11.3 Å². The molecule has 0 radical (unpaired) electrons. The highest BCUT2D eigenvalue weighted by Crippen LogP contribution is 2.33. The van der Waals surface area contributed by atoms with E-state index < -0.39 is 0 Å². The molecule has 1 N–H and O–H groups in total. The van der Waals surface area contributed by atoms with E-state index in [4.69, 9.17) is 0 Å². The van der Waals surface area contributed by atoms with Gasteiger partial charge >= 0.3 is 0 Å². The number of nitrogens with one attached hydrogen (secondary N) is 1. The van der Waals surface area contributed by atoms with E-state index >= 15 is 0 Å². The van der Waals surface area contributed by atoms with Gasteiger partial charge in [-0.05, 0) is 56.8 Å². The van der Waals surface area contributed by atoms with Crippen LogP contribution in [-0.4, -0.2) is 30.6 Å². The third kappa shape index (κ3) is 3.14. The maximum absolute atomic E-state index is 3.74. The monoisotopic (exact) mass is 264 g/mol. The summed E-state index contributed by atoms with van der Waals surface area (Å²) in [6, 6.07) is 5.39. The Kier molecular flexibility index (Phi) is 4.02. The number of nitrogens with zero attached hydrogens (tertiary/aromatic N) is 1. The lowest BCUT2D eigenvalue weighted by atomic mass is 10.2. The van der Waals surface area contributed by atoms with Crippen molar-refractivity contribution in [1.82, 2.24) is 10.2 Å². The first-order valence-corrected chi connectivity index (χ1v) is 8.20. The van der Waals surface area contributed by atoms with Crippen LogP contribution in [0.1, 0.15) is 35.9 Å². The second kappa shape index (κ2) is 5.72. The van der Waals surface area contributed by atoms with Crippen molar-refractivity contribution in [3.05, 3.63) is 21.9 Å². The molecule has 18 heavy (non-hydrogen) atoms. The Balaban J connectivity index is 1.59. The molecule has 1 aliphatic carbocycles. The van der Waals surface area contributed by atoms with E-state index in [0.717, 1.165) is 18.5 Å². The Bertz CT molecular complexity index is 384. The fourth-order valence-electron chi connectivity index (χ4n) is 2.90. The van der Waals surface area contributed by atoms with Crippen molar-refractivity contribution in [3.63, 3.8) is 0 Å². The summed E-state index contributed by atoms with van der Waals surface area (Å²) in [5.74, 6) is 0.972. The average Bonchev–Trinajstić information content (AvgIpc) is 3.15. The maximum Gasteiger partial charge on any atom is 0.0328 e. The van der Waals surface area contributed by atoms with Crippen molar-refractivity contribution in [2.45, 2.75) is 45.2 Å². The molecule has 2 nitrogen and oxygen atoms in total. The number of rotatable bonds is 4. The third-order valence-corrected chi connectivity index (χ3v) is 5.36. The highest BCUT2D eigenvalue weighted by molar-refractivity contribution is 7.11. The molecule has 1 saturated heterocycles. The van der Waals surface area contributed by atoms with E-state index in [2.05, 4.69) is 29.3 Å². The Morgan fingerprint density at radius 2 is 2.17 bits per heavy atom. The van der Waals surface area contributed by atoms with Gasteiger partial charge in [0.1, 0.15) is 0 Å². The highest BCUT2D eigenvalue weighted by atomic mass is 32.1. The van der Waals surface area contributed by atoms with E-state index in [1.807, 2.05) is 11.3 Å². The van der Waals surface area contributed by atoms with Crippen LogP contribution >= 0.6 is 11.3 Å². The molecule has 0 aromatic carbocycles. The molecule has 1 aromatic heterocycles. The summed E-state index contributed by atoms with van der Waals surface area (Å²) in [4.78, 5) is 5.73. The summed E-state index contributed by atoms with van der Waals surface area (Å²) in [6.07, 6.45) is 5.38. The molecule has 3 heteroatoms. The minimum Gasteiger partial charge on any atom is -0.312 e. The summed E-state index contributed by atoms with van der Waals surface area (Å²) in [5.41, 5.74) is 0. The zero-order valence-corrected chi connectivity index (χ0v) is 12.1. The van der Waals surface area contributed by atoms with Crippen LogP contribution in [0.25, 0.3) is 0 Å². The van der Waals surface area contributed by atoms with Gasteiger partial charge in [-0.3, -0.25) is 4.90 Å². The molecule has 0 bridgehead atoms. The Morgan fingerprint density at radius 1 is 1.33 bits per heavy atom. The molecule has 2 heterocycles. The Labute approximate surface area is 114 Å². The summed E-state index contributed by atoms with van der Waals surface area (Å²) >= 11 is 2.00. The van der Waals surface area contributed by atoms with Crippen molar-refractivity contribution >= 4 is 11.3 Å². The van der Waals surface area contributed by atoms with Crippen LogP contribution in [0.4, 0.5) is 0 Å². The number of thiophene rings is 1. The van der Waals surface area contributed by atoms with E-state index in [-0.39, 0.29) is 0 Å². The lowest BCUT2D eigenvalue weighted by Crippen LogP contribution is -2.38. The predicted octanol–water partition coefficient (Wildman–Crippen LogP) is 2.88. The highest BCUT2D eigenvalue weighted by Gasteiger charge is 2.33. The smallest absolute Gasteiger partial charge is 0.0328 e. The van der Waals surface area contributed by atoms with Gasteiger partial charge in [0, 0.05) is 28.9 Å². The number of hydrogen-bond donors (Lipinski definition) is 1. The first kappa shape index (κ1) is 12.6. The molecular formula is C15H24N2S. The predicted molar refractivity (Wildman–Crippen MR) is 78.1 cm³/mol. The van der Waals surface area contributed by atoms with Crippen molar-refractivity contribution in [3.8, 4) is 0 Å². The largest absolute Gasteiger partial charge is 0.312 e. The van der Waals surface area contributed by atoms with Crippen LogP contribution in [0.15, 0.2) is 12.1 Å². The van der Waals surface area contributed by atoms with Gasteiger partial charge in [-0.1, -0.05) is 6.92 Å². The summed E-state index contributed by atoms with van der Waals surface area (Å²) in [7, 11) is 0. The van der Waals surface area contributed by atoms with Gasteiger partial charge in [0.2, 0.25) is 0 Å². The molecule has 0 spiro atoms. The van der Waals surface area contributed by atoms with Gasteiger partial charge in [0.05, 0.1) is 0 Å². The second-order valence-corrected chi connectivity index (χ2v) is 6.96. The molecule has 1 saturated carbocycles. The van der Waals surface area contributed by atoms with Gasteiger partial charge in [-0.25, -0.2) is 0 Å². The standard InChI is InChI=1S/C15H24N2S/c1-2-13-6-7-14(18-13)10-17-9-3-8-16-15(11-17)12-4-5-12/h6-7,12,15-16H,2-5,8-11H2,1H3. The quantitative estimate of drug-likeness (QED) is 0.899. The van der Waals surface area contributed by atoms with Crippen LogP contribution in [0.2, 0.25) is 0 Å². The maximum atomic E-state index is 3.74. The van der Waals surface area contributed by atoms with Crippen LogP contribution in [0.5, 0.6) is 0 Å². The normalized spacial score (nSPS) is 26.2. The fraction of sp³-hybridized carbons (Fsp3) is 0.733. The zero-order chi connectivity index (χ0) is 12.4. The van der Waals surface area contributed by atoms with E-state index in [0.29, 0.717) is 0 Å². The Morgan fingerprint density at radius 3 is 2.89 bits per heavy atom. The average molecular weight is 264 g/mol. The van der Waals surface area contributed by atoms with Crippen LogP contribution in [0.3, 0.4) is 0 Å². The first-order valence-electron chi connectivity index (χ1n) is 7.38. The molecule has 1 aliphatic heterocycles. The second-order valence-electron chi connectivity index (χ2n) is 5.71.